The summed E-state index contributed by atoms with van der Waals surface area (Å²) in [5, 5.41) is 12.5. The number of halogens is 1. The summed E-state index contributed by atoms with van der Waals surface area (Å²) < 4.78 is 0.755. The van der Waals surface area contributed by atoms with E-state index in [2.05, 4.69) is 5.32 Å². The molecule has 0 spiro atoms. The number of benzene rings is 1. The molecular formula is C13H16INO2. The first-order valence-electron chi connectivity index (χ1n) is 5.85. The molecule has 1 unspecified atom stereocenters. The summed E-state index contributed by atoms with van der Waals surface area (Å²) in [5.41, 5.74) is 0.519. The van der Waals surface area contributed by atoms with E-state index in [-0.39, 0.29) is 17.7 Å². The zero-order valence-corrected chi connectivity index (χ0v) is 11.9. The fourth-order valence-electron chi connectivity index (χ4n) is 1.87. The normalized spacial score (nSPS) is 16.6. The highest BCUT2D eigenvalue weighted by Gasteiger charge is 2.24. The van der Waals surface area contributed by atoms with E-state index >= 15 is 0 Å². The molecule has 1 aliphatic carbocycles. The van der Waals surface area contributed by atoms with Crippen molar-refractivity contribution in [3.8, 4) is 5.75 Å². The molecule has 2 N–H and O–H groups in total. The Balaban J connectivity index is 1.95. The van der Waals surface area contributed by atoms with Crippen LogP contribution in [0, 0.1) is 9.49 Å². The monoisotopic (exact) mass is 345 g/mol. The molecule has 0 heterocycles. The number of aromatic hydroxyl groups is 1. The number of phenolic OH excluding ortho intramolecular Hbond substituents is 1. The number of carbonyl (C=O) groups excluding carboxylic acids is 1. The van der Waals surface area contributed by atoms with Gasteiger partial charge < -0.3 is 10.4 Å². The van der Waals surface area contributed by atoms with Gasteiger partial charge in [0.1, 0.15) is 5.75 Å². The lowest BCUT2D eigenvalue weighted by Gasteiger charge is -2.13. The van der Waals surface area contributed by atoms with Crippen molar-refractivity contribution < 1.29 is 9.90 Å². The van der Waals surface area contributed by atoms with E-state index in [0.29, 0.717) is 5.56 Å². The van der Waals surface area contributed by atoms with E-state index < -0.39 is 0 Å². The topological polar surface area (TPSA) is 49.3 Å². The third-order valence-corrected chi connectivity index (χ3v) is 3.88. The van der Waals surface area contributed by atoms with E-state index in [0.717, 1.165) is 15.9 Å². The molecule has 17 heavy (non-hydrogen) atoms. The fourth-order valence-corrected chi connectivity index (χ4v) is 2.21. The van der Waals surface area contributed by atoms with Gasteiger partial charge >= 0.3 is 0 Å². The Hall–Kier alpha value is -0.780. The van der Waals surface area contributed by atoms with Gasteiger partial charge in [0.15, 0.2) is 0 Å². The lowest BCUT2D eigenvalue weighted by molar-refractivity contribution is 0.0937. The quantitative estimate of drug-likeness (QED) is 0.825. The molecule has 4 heteroatoms. The largest absolute Gasteiger partial charge is 0.507 e. The van der Waals surface area contributed by atoms with Gasteiger partial charge in [-0.25, -0.2) is 0 Å². The van der Waals surface area contributed by atoms with Gasteiger partial charge in [0.2, 0.25) is 0 Å². The van der Waals surface area contributed by atoms with Crippen molar-refractivity contribution in [2.45, 2.75) is 32.2 Å². The summed E-state index contributed by atoms with van der Waals surface area (Å²) >= 11 is 2.03. The van der Waals surface area contributed by atoms with E-state index in [1.54, 1.807) is 12.1 Å². The Morgan fingerprint density at radius 2 is 2.29 bits per heavy atom. The van der Waals surface area contributed by atoms with Gasteiger partial charge in [-0.1, -0.05) is 12.8 Å². The molecule has 0 aromatic heterocycles. The second kappa shape index (κ2) is 5.25. The second-order valence-corrected chi connectivity index (χ2v) is 5.88. The fraction of sp³-hybridized carbons (Fsp3) is 0.462. The van der Waals surface area contributed by atoms with Crippen LogP contribution in [0.15, 0.2) is 18.2 Å². The highest BCUT2D eigenvalue weighted by molar-refractivity contribution is 14.1. The van der Waals surface area contributed by atoms with Gasteiger partial charge in [-0.05, 0) is 60.1 Å². The van der Waals surface area contributed by atoms with Crippen LogP contribution >= 0.6 is 22.6 Å². The molecular weight excluding hydrogens is 329 g/mol. The molecule has 1 amide bonds. The minimum atomic E-state index is -0.107. The molecule has 1 saturated carbocycles. The summed E-state index contributed by atoms with van der Waals surface area (Å²) in [4.78, 5) is 11.9. The van der Waals surface area contributed by atoms with Gasteiger partial charge in [0, 0.05) is 11.6 Å². The SMILES string of the molecule is CC(CC1CC1)NC(=O)c1ccc(I)c(O)c1. The zero-order chi connectivity index (χ0) is 12.4. The van der Waals surface area contributed by atoms with Gasteiger partial charge in [-0.3, -0.25) is 4.79 Å². The summed E-state index contributed by atoms with van der Waals surface area (Å²) in [6, 6.07) is 5.20. The maximum absolute atomic E-state index is 11.9. The van der Waals surface area contributed by atoms with Crippen LogP contribution < -0.4 is 5.32 Å². The number of hydrogen-bond donors (Lipinski definition) is 2. The second-order valence-electron chi connectivity index (χ2n) is 4.72. The molecule has 1 aromatic rings. The number of nitrogens with one attached hydrogen (secondary N) is 1. The van der Waals surface area contributed by atoms with Gasteiger partial charge in [-0.15, -0.1) is 0 Å². The maximum atomic E-state index is 11.9. The Kier molecular flexibility index (Phi) is 3.91. The maximum Gasteiger partial charge on any atom is 0.251 e. The summed E-state index contributed by atoms with van der Waals surface area (Å²) in [5.74, 6) is 0.855. The summed E-state index contributed by atoms with van der Waals surface area (Å²) in [6.45, 7) is 2.03. The lowest BCUT2D eigenvalue weighted by atomic mass is 10.1. The molecule has 0 radical (unpaired) electrons. The van der Waals surface area contributed by atoms with E-state index in [1.807, 2.05) is 29.5 Å². The van der Waals surface area contributed by atoms with Crippen LogP contribution in [0.5, 0.6) is 5.75 Å². The molecule has 2 rings (SSSR count). The number of phenols is 1. The van der Waals surface area contributed by atoms with Crippen molar-refractivity contribution in [1.82, 2.24) is 5.32 Å². The van der Waals surface area contributed by atoms with Crippen LogP contribution in [-0.2, 0) is 0 Å². The zero-order valence-electron chi connectivity index (χ0n) is 9.74. The van der Waals surface area contributed by atoms with E-state index in [9.17, 15) is 9.90 Å². The predicted octanol–water partition coefficient (Wildman–Crippen LogP) is 2.92. The third-order valence-electron chi connectivity index (χ3n) is 2.97. The molecule has 0 saturated heterocycles. The van der Waals surface area contributed by atoms with Crippen molar-refractivity contribution in [3.63, 3.8) is 0 Å². The third kappa shape index (κ3) is 3.59. The van der Waals surface area contributed by atoms with Crippen molar-refractivity contribution in [2.75, 3.05) is 0 Å². The predicted molar refractivity (Wildman–Crippen MR) is 75.1 cm³/mol. The number of amides is 1. The average Bonchev–Trinajstić information content (AvgIpc) is 3.05. The Bertz CT molecular complexity index is 429. The molecule has 0 aliphatic heterocycles. The summed E-state index contributed by atoms with van der Waals surface area (Å²) in [7, 11) is 0. The van der Waals surface area contributed by atoms with Crippen LogP contribution in [0.25, 0.3) is 0 Å². The smallest absolute Gasteiger partial charge is 0.251 e. The van der Waals surface area contributed by atoms with Crippen molar-refractivity contribution in [3.05, 3.63) is 27.3 Å². The highest BCUT2D eigenvalue weighted by atomic mass is 127. The van der Waals surface area contributed by atoms with Gasteiger partial charge in [0.05, 0.1) is 3.57 Å². The van der Waals surface area contributed by atoms with Crippen LogP contribution in [0.2, 0.25) is 0 Å². The molecule has 0 bridgehead atoms. The Labute approximate surface area is 115 Å². The van der Waals surface area contributed by atoms with Gasteiger partial charge in [-0.2, -0.15) is 0 Å². The summed E-state index contributed by atoms with van der Waals surface area (Å²) in [6.07, 6.45) is 3.65. The number of rotatable bonds is 4. The molecule has 3 nitrogen and oxygen atoms in total. The first-order chi connectivity index (χ1) is 8.06. The van der Waals surface area contributed by atoms with Gasteiger partial charge in [0.25, 0.3) is 5.91 Å². The molecule has 1 aliphatic rings. The van der Waals surface area contributed by atoms with Crippen LogP contribution in [0.4, 0.5) is 0 Å². The highest BCUT2D eigenvalue weighted by Crippen LogP contribution is 2.33. The standard InChI is InChI=1S/C13H16INO2/c1-8(6-9-2-3-9)15-13(17)10-4-5-11(14)12(16)7-10/h4-5,7-9,16H,2-3,6H2,1H3,(H,15,17). The average molecular weight is 345 g/mol. The number of hydrogen-bond acceptors (Lipinski definition) is 2. The van der Waals surface area contributed by atoms with Crippen molar-refractivity contribution in [2.24, 2.45) is 5.92 Å². The molecule has 1 aromatic carbocycles. The molecule has 92 valence electrons. The van der Waals surface area contributed by atoms with Crippen LogP contribution in [0.3, 0.4) is 0 Å². The molecule has 1 atom stereocenters. The van der Waals surface area contributed by atoms with Crippen molar-refractivity contribution in [1.29, 1.82) is 0 Å². The first kappa shape index (κ1) is 12.7. The number of carbonyl (C=O) groups is 1. The van der Waals surface area contributed by atoms with Crippen LogP contribution in [-0.4, -0.2) is 17.1 Å². The Morgan fingerprint density at radius 1 is 1.59 bits per heavy atom. The Morgan fingerprint density at radius 3 is 2.88 bits per heavy atom. The van der Waals surface area contributed by atoms with Crippen LogP contribution in [0.1, 0.15) is 36.5 Å². The first-order valence-corrected chi connectivity index (χ1v) is 6.93. The minimum Gasteiger partial charge on any atom is -0.507 e. The minimum absolute atomic E-state index is 0.107. The van der Waals surface area contributed by atoms with Crippen molar-refractivity contribution >= 4 is 28.5 Å². The van der Waals surface area contributed by atoms with E-state index in [4.69, 9.17) is 0 Å². The molecule has 1 fully saturated rings. The van der Waals surface area contributed by atoms with E-state index in [1.165, 1.54) is 18.9 Å². The lowest BCUT2D eigenvalue weighted by Crippen LogP contribution is -2.32.